The van der Waals surface area contributed by atoms with Gasteiger partial charge in [-0.1, -0.05) is 36.2 Å². The predicted molar refractivity (Wildman–Crippen MR) is 73.8 cm³/mol. The van der Waals surface area contributed by atoms with Crippen molar-refractivity contribution in [1.82, 2.24) is 10.1 Å². The molecule has 5 heteroatoms. The first kappa shape index (κ1) is 11.7. The lowest BCUT2D eigenvalue weighted by molar-refractivity contribution is 0.372. The Kier molecular flexibility index (Phi) is 2.44. The fourth-order valence-corrected chi connectivity index (χ4v) is 2.91. The fourth-order valence-electron chi connectivity index (χ4n) is 2.91. The molecule has 1 aliphatic rings. The monoisotopic (exact) mass is 269 g/mol. The number of benzene rings is 1. The Bertz CT molecular complexity index is 753. The minimum Gasteiger partial charge on any atom is -0.463 e. The quantitative estimate of drug-likeness (QED) is 0.772. The van der Waals surface area contributed by atoms with Crippen molar-refractivity contribution >= 4 is 11.0 Å². The third kappa shape index (κ3) is 1.67. The molecule has 0 spiro atoms. The van der Waals surface area contributed by atoms with Crippen LogP contribution < -0.4 is 5.73 Å². The molecule has 0 aliphatic heterocycles. The van der Waals surface area contributed by atoms with Gasteiger partial charge in [-0.25, -0.2) is 0 Å². The van der Waals surface area contributed by atoms with Gasteiger partial charge in [0.05, 0.1) is 11.1 Å². The molecule has 0 radical (unpaired) electrons. The summed E-state index contributed by atoms with van der Waals surface area (Å²) < 4.78 is 10.9. The summed E-state index contributed by atoms with van der Waals surface area (Å²) >= 11 is 0. The summed E-state index contributed by atoms with van der Waals surface area (Å²) in [6, 6.07) is 7.78. The molecule has 0 atom stereocenters. The van der Waals surface area contributed by atoms with Gasteiger partial charge >= 0.3 is 0 Å². The number of nitrogens with two attached hydrogens (primary N) is 1. The summed E-state index contributed by atoms with van der Waals surface area (Å²) in [4.78, 5) is 4.49. The van der Waals surface area contributed by atoms with E-state index in [1.165, 1.54) is 0 Å². The number of furan rings is 1. The molecular weight excluding hydrogens is 254 g/mol. The number of fused-ring (bicyclic) bond motifs is 1. The highest BCUT2D eigenvalue weighted by Gasteiger charge is 2.36. The van der Waals surface area contributed by atoms with Crippen molar-refractivity contribution < 1.29 is 8.94 Å². The average Bonchev–Trinajstić information content (AvgIpc) is 3.16. The van der Waals surface area contributed by atoms with Crippen molar-refractivity contribution in [1.29, 1.82) is 0 Å². The molecule has 5 nitrogen and oxygen atoms in total. The van der Waals surface area contributed by atoms with E-state index in [4.69, 9.17) is 14.7 Å². The molecule has 1 fully saturated rings. The Morgan fingerprint density at radius 1 is 1.15 bits per heavy atom. The molecule has 20 heavy (non-hydrogen) atoms. The molecule has 1 aliphatic carbocycles. The third-order valence-corrected chi connectivity index (χ3v) is 4.08. The highest BCUT2D eigenvalue weighted by Crippen LogP contribution is 2.36. The first-order valence-electron chi connectivity index (χ1n) is 6.86. The van der Waals surface area contributed by atoms with E-state index in [0.717, 1.165) is 42.2 Å². The lowest BCUT2D eigenvalue weighted by atomic mass is 9.99. The van der Waals surface area contributed by atoms with Crippen LogP contribution in [0.5, 0.6) is 0 Å². The zero-order valence-corrected chi connectivity index (χ0v) is 11.0. The van der Waals surface area contributed by atoms with Crippen molar-refractivity contribution in [3.05, 3.63) is 36.4 Å². The van der Waals surface area contributed by atoms with Gasteiger partial charge in [0.2, 0.25) is 0 Å². The first-order chi connectivity index (χ1) is 9.76. The molecule has 2 heterocycles. The first-order valence-corrected chi connectivity index (χ1v) is 6.86. The summed E-state index contributed by atoms with van der Waals surface area (Å²) in [5.41, 5.74) is 7.55. The fraction of sp³-hybridized carbons (Fsp3) is 0.333. The van der Waals surface area contributed by atoms with Crippen LogP contribution >= 0.6 is 0 Å². The zero-order valence-electron chi connectivity index (χ0n) is 11.0. The van der Waals surface area contributed by atoms with Gasteiger partial charge in [-0.3, -0.25) is 0 Å². The van der Waals surface area contributed by atoms with Crippen LogP contribution in [-0.2, 0) is 5.54 Å². The third-order valence-electron chi connectivity index (χ3n) is 4.08. The van der Waals surface area contributed by atoms with Crippen molar-refractivity contribution in [3.8, 4) is 11.5 Å². The summed E-state index contributed by atoms with van der Waals surface area (Å²) in [7, 11) is 0. The lowest BCUT2D eigenvalue weighted by Crippen LogP contribution is -2.34. The number of hydrogen-bond acceptors (Lipinski definition) is 5. The number of para-hydroxylation sites is 1. The Morgan fingerprint density at radius 2 is 1.95 bits per heavy atom. The van der Waals surface area contributed by atoms with E-state index in [-0.39, 0.29) is 0 Å². The maximum absolute atomic E-state index is 6.35. The normalized spacial score (nSPS) is 17.9. The van der Waals surface area contributed by atoms with E-state index in [2.05, 4.69) is 10.1 Å². The smallest absolute Gasteiger partial charge is 0.261 e. The molecule has 0 saturated heterocycles. The number of rotatable bonds is 2. The zero-order chi connectivity index (χ0) is 13.6. The summed E-state index contributed by atoms with van der Waals surface area (Å²) in [5, 5.41) is 5.05. The topological polar surface area (TPSA) is 78.1 Å². The van der Waals surface area contributed by atoms with Gasteiger partial charge in [0.25, 0.3) is 5.89 Å². The highest BCUT2D eigenvalue weighted by molar-refractivity contribution is 5.91. The summed E-state index contributed by atoms with van der Waals surface area (Å²) in [6.45, 7) is 0. The van der Waals surface area contributed by atoms with E-state index in [0.29, 0.717) is 11.7 Å². The lowest BCUT2D eigenvalue weighted by Gasteiger charge is -2.17. The van der Waals surface area contributed by atoms with Crippen molar-refractivity contribution in [2.24, 2.45) is 5.73 Å². The SMILES string of the molecule is NC1(c2noc(-c3coc4ccccc34)n2)CCCC1. The largest absolute Gasteiger partial charge is 0.463 e. The van der Waals surface area contributed by atoms with Gasteiger partial charge in [-0.2, -0.15) is 4.98 Å². The predicted octanol–water partition coefficient (Wildman–Crippen LogP) is 3.21. The molecular formula is C15H15N3O2. The molecule has 102 valence electrons. The van der Waals surface area contributed by atoms with E-state index in [9.17, 15) is 0 Å². The second-order valence-corrected chi connectivity index (χ2v) is 5.43. The van der Waals surface area contributed by atoms with Crippen molar-refractivity contribution in [2.45, 2.75) is 31.2 Å². The van der Waals surface area contributed by atoms with Crippen LogP contribution in [0.3, 0.4) is 0 Å². The number of hydrogen-bond donors (Lipinski definition) is 1. The molecule has 2 aromatic heterocycles. The van der Waals surface area contributed by atoms with E-state index >= 15 is 0 Å². The molecule has 0 unspecified atom stereocenters. The molecule has 4 rings (SSSR count). The van der Waals surface area contributed by atoms with Crippen molar-refractivity contribution in [2.75, 3.05) is 0 Å². The number of nitrogens with zero attached hydrogens (tertiary/aromatic N) is 2. The Hall–Kier alpha value is -2.14. The molecule has 1 saturated carbocycles. The standard InChI is InChI=1S/C15H15N3O2/c16-15(7-3-4-8-15)14-17-13(20-18-14)11-9-19-12-6-2-1-5-10(11)12/h1-2,5-6,9H,3-4,7-8,16H2. The summed E-state index contributed by atoms with van der Waals surface area (Å²) in [6.07, 6.45) is 5.72. The maximum atomic E-state index is 6.35. The minimum atomic E-state index is -0.429. The molecule has 0 amide bonds. The van der Waals surface area contributed by atoms with Crippen molar-refractivity contribution in [3.63, 3.8) is 0 Å². The average molecular weight is 269 g/mol. The van der Waals surface area contributed by atoms with Crippen LogP contribution in [0, 0.1) is 0 Å². The van der Waals surface area contributed by atoms with E-state index in [1.54, 1.807) is 6.26 Å². The molecule has 0 bridgehead atoms. The molecule has 1 aromatic carbocycles. The van der Waals surface area contributed by atoms with Crippen LogP contribution in [0.15, 0.2) is 39.5 Å². The van der Waals surface area contributed by atoms with Gasteiger partial charge in [0.1, 0.15) is 11.8 Å². The van der Waals surface area contributed by atoms with E-state index < -0.39 is 5.54 Å². The molecule has 3 aromatic rings. The molecule has 2 N–H and O–H groups in total. The minimum absolute atomic E-state index is 0.429. The summed E-state index contributed by atoms with van der Waals surface area (Å²) in [5.74, 6) is 1.08. The van der Waals surface area contributed by atoms with Crippen LogP contribution in [0.4, 0.5) is 0 Å². The second-order valence-electron chi connectivity index (χ2n) is 5.43. The number of aromatic nitrogens is 2. The van der Waals surface area contributed by atoms with Gasteiger partial charge < -0.3 is 14.7 Å². The second kappa shape index (κ2) is 4.18. The van der Waals surface area contributed by atoms with Gasteiger partial charge in [-0.05, 0) is 18.9 Å². The maximum Gasteiger partial charge on any atom is 0.261 e. The van der Waals surface area contributed by atoms with Gasteiger partial charge in [0.15, 0.2) is 5.82 Å². The highest BCUT2D eigenvalue weighted by atomic mass is 16.5. The van der Waals surface area contributed by atoms with Gasteiger partial charge in [0, 0.05) is 5.39 Å². The van der Waals surface area contributed by atoms with Crippen LogP contribution in [-0.4, -0.2) is 10.1 Å². The Morgan fingerprint density at radius 3 is 2.80 bits per heavy atom. The van der Waals surface area contributed by atoms with Crippen LogP contribution in [0.25, 0.3) is 22.4 Å². The Balaban J connectivity index is 1.78. The van der Waals surface area contributed by atoms with Crippen LogP contribution in [0.2, 0.25) is 0 Å². The van der Waals surface area contributed by atoms with Crippen LogP contribution in [0.1, 0.15) is 31.5 Å². The van der Waals surface area contributed by atoms with Gasteiger partial charge in [-0.15, -0.1) is 0 Å². The van der Waals surface area contributed by atoms with E-state index in [1.807, 2.05) is 24.3 Å². The Labute approximate surface area is 115 Å².